The van der Waals surface area contributed by atoms with Gasteiger partial charge in [-0.1, -0.05) is 57.8 Å². The van der Waals surface area contributed by atoms with Gasteiger partial charge in [-0.3, -0.25) is 0 Å². The first-order chi connectivity index (χ1) is 14.6. The third-order valence-electron chi connectivity index (χ3n) is 7.24. The van der Waals surface area contributed by atoms with Gasteiger partial charge >= 0.3 is 0 Å². The van der Waals surface area contributed by atoms with Crippen molar-refractivity contribution in [2.45, 2.75) is 90.9 Å². The Balaban J connectivity index is 1.49. The van der Waals surface area contributed by atoms with Gasteiger partial charge in [-0.05, 0) is 74.8 Å². The maximum Gasteiger partial charge on any atom is 0.201 e. The summed E-state index contributed by atoms with van der Waals surface area (Å²) in [5, 5.41) is 0. The average molecular weight is 417 g/mol. The van der Waals surface area contributed by atoms with E-state index in [4.69, 9.17) is 4.74 Å². The Morgan fingerprint density at radius 1 is 0.867 bits per heavy atom. The molecule has 0 heterocycles. The van der Waals surface area contributed by atoms with Crippen molar-refractivity contribution in [1.29, 1.82) is 0 Å². The first-order valence-corrected chi connectivity index (χ1v) is 12.2. The molecule has 0 spiro atoms. The summed E-state index contributed by atoms with van der Waals surface area (Å²) in [6, 6.07) is 3.05. The second-order valence-corrected chi connectivity index (χ2v) is 9.39. The summed E-state index contributed by atoms with van der Waals surface area (Å²) in [6.45, 7) is 4.73. The molecule has 3 heteroatoms. The van der Waals surface area contributed by atoms with Crippen LogP contribution in [0.3, 0.4) is 0 Å². The van der Waals surface area contributed by atoms with Crippen molar-refractivity contribution in [2.24, 2.45) is 23.7 Å². The molecule has 1 nitrogen and oxygen atoms in total. The molecule has 2 aliphatic carbocycles. The smallest absolute Gasteiger partial charge is 0.201 e. The van der Waals surface area contributed by atoms with Crippen LogP contribution >= 0.6 is 0 Å². The molecular formula is C27H38F2O. The average Bonchev–Trinajstić information content (AvgIpc) is 2.77. The van der Waals surface area contributed by atoms with Crippen molar-refractivity contribution in [3.05, 3.63) is 29.3 Å². The molecule has 0 saturated heterocycles. The van der Waals surface area contributed by atoms with E-state index >= 15 is 0 Å². The highest BCUT2D eigenvalue weighted by Gasteiger charge is 2.30. The minimum atomic E-state index is -0.916. The van der Waals surface area contributed by atoms with Crippen molar-refractivity contribution >= 4 is 0 Å². The molecule has 0 aliphatic heterocycles. The quantitative estimate of drug-likeness (QED) is 0.324. The maximum atomic E-state index is 14.4. The van der Waals surface area contributed by atoms with Crippen molar-refractivity contribution in [1.82, 2.24) is 0 Å². The van der Waals surface area contributed by atoms with Crippen LogP contribution in [0.4, 0.5) is 8.78 Å². The molecule has 2 fully saturated rings. The Kier molecular flexibility index (Phi) is 9.04. The summed E-state index contributed by atoms with van der Waals surface area (Å²) in [4.78, 5) is 0. The molecule has 166 valence electrons. The lowest BCUT2D eigenvalue weighted by Gasteiger charge is -2.37. The maximum absolute atomic E-state index is 14.4. The van der Waals surface area contributed by atoms with E-state index in [0.717, 1.165) is 43.4 Å². The van der Waals surface area contributed by atoms with E-state index in [1.54, 1.807) is 6.07 Å². The Hall–Kier alpha value is -1.56. The predicted octanol–water partition coefficient (Wildman–Crippen LogP) is 7.91. The molecule has 0 bridgehead atoms. The van der Waals surface area contributed by atoms with E-state index in [0.29, 0.717) is 12.5 Å². The van der Waals surface area contributed by atoms with Crippen LogP contribution in [-0.4, -0.2) is 6.61 Å². The molecule has 2 saturated carbocycles. The summed E-state index contributed by atoms with van der Waals surface area (Å²) in [6.07, 6.45) is 14.8. The van der Waals surface area contributed by atoms with Gasteiger partial charge in [-0.25, -0.2) is 4.39 Å². The summed E-state index contributed by atoms with van der Waals surface area (Å²) in [5.41, 5.74) is 0.145. The molecule has 0 radical (unpaired) electrons. The van der Waals surface area contributed by atoms with Crippen LogP contribution in [0.15, 0.2) is 12.1 Å². The summed E-state index contributed by atoms with van der Waals surface area (Å²) in [7, 11) is 0. The van der Waals surface area contributed by atoms with Gasteiger partial charge in [0.2, 0.25) is 5.82 Å². The number of hydrogen-bond acceptors (Lipinski definition) is 1. The minimum absolute atomic E-state index is 0.0133. The lowest BCUT2D eigenvalue weighted by atomic mass is 9.69. The van der Waals surface area contributed by atoms with Crippen molar-refractivity contribution < 1.29 is 13.5 Å². The second-order valence-electron chi connectivity index (χ2n) is 9.39. The molecule has 0 atom stereocenters. The topological polar surface area (TPSA) is 9.23 Å². The normalized spacial score (nSPS) is 26.7. The number of hydrogen-bond donors (Lipinski definition) is 0. The number of halogens is 2. The molecule has 0 aromatic heterocycles. The first-order valence-electron chi connectivity index (χ1n) is 12.2. The highest BCUT2D eigenvalue weighted by atomic mass is 19.2. The molecule has 2 aliphatic rings. The zero-order chi connectivity index (χ0) is 21.3. The van der Waals surface area contributed by atoms with Crippen molar-refractivity contribution in [3.8, 4) is 17.6 Å². The number of benzene rings is 1. The van der Waals surface area contributed by atoms with Gasteiger partial charge in [0.05, 0.1) is 12.2 Å². The highest BCUT2D eigenvalue weighted by molar-refractivity contribution is 5.41. The third-order valence-corrected chi connectivity index (χ3v) is 7.24. The van der Waals surface area contributed by atoms with Crippen LogP contribution in [0.2, 0.25) is 0 Å². The van der Waals surface area contributed by atoms with Gasteiger partial charge in [0.1, 0.15) is 0 Å². The van der Waals surface area contributed by atoms with Crippen LogP contribution in [0.25, 0.3) is 0 Å². The predicted molar refractivity (Wildman–Crippen MR) is 119 cm³/mol. The molecule has 30 heavy (non-hydrogen) atoms. The number of unbranched alkanes of at least 4 members (excludes halogenated alkanes) is 1. The van der Waals surface area contributed by atoms with Gasteiger partial charge in [0, 0.05) is 5.92 Å². The molecule has 1 aromatic rings. The van der Waals surface area contributed by atoms with E-state index in [1.165, 1.54) is 57.4 Å². The van der Waals surface area contributed by atoms with E-state index in [2.05, 4.69) is 18.8 Å². The van der Waals surface area contributed by atoms with Gasteiger partial charge in [0.25, 0.3) is 0 Å². The SMILES string of the molecule is CCCCOc1ccc(C#CC2CCC([C@H]3CC[C@H](CCC)CC3)CC2)c(F)c1F. The molecule has 0 N–H and O–H groups in total. The van der Waals surface area contributed by atoms with Crippen LogP contribution in [0.5, 0.6) is 5.75 Å². The lowest BCUT2D eigenvalue weighted by molar-refractivity contribution is 0.154. The van der Waals surface area contributed by atoms with Crippen LogP contribution in [-0.2, 0) is 0 Å². The summed E-state index contributed by atoms with van der Waals surface area (Å²) >= 11 is 0. The minimum Gasteiger partial charge on any atom is -0.490 e. The lowest BCUT2D eigenvalue weighted by Crippen LogP contribution is -2.25. The number of ether oxygens (including phenoxy) is 1. The Morgan fingerprint density at radius 2 is 1.53 bits per heavy atom. The van der Waals surface area contributed by atoms with Gasteiger partial charge in [0.15, 0.2) is 11.6 Å². The largest absolute Gasteiger partial charge is 0.490 e. The second kappa shape index (κ2) is 11.7. The van der Waals surface area contributed by atoms with Crippen LogP contribution in [0.1, 0.15) is 96.5 Å². The van der Waals surface area contributed by atoms with E-state index in [9.17, 15) is 8.78 Å². The molecule has 3 rings (SSSR count). The Morgan fingerprint density at radius 3 is 2.17 bits per heavy atom. The first kappa shape index (κ1) is 23.1. The van der Waals surface area contributed by atoms with Gasteiger partial charge in [-0.15, -0.1) is 0 Å². The van der Waals surface area contributed by atoms with Crippen molar-refractivity contribution in [3.63, 3.8) is 0 Å². The molecule has 1 aromatic carbocycles. The molecule has 0 unspecified atom stereocenters. The molecule has 0 amide bonds. The fourth-order valence-corrected chi connectivity index (χ4v) is 5.34. The number of rotatable bonds is 7. The fraction of sp³-hybridized carbons (Fsp3) is 0.704. The van der Waals surface area contributed by atoms with E-state index in [1.807, 2.05) is 6.92 Å². The standard InChI is InChI=1S/C27H38F2O/c1-3-5-19-30-25-18-17-24(26(28)27(25)29)16-11-21-9-14-23(15-10-21)22-12-7-20(6-4-2)8-13-22/h17-18,20-23H,3-10,12-15,19H2,1-2H3/t20-,21?,22-,23?. The Labute approximate surface area is 182 Å². The van der Waals surface area contributed by atoms with Gasteiger partial charge in [-0.2, -0.15) is 4.39 Å². The third kappa shape index (κ3) is 6.22. The molecular weight excluding hydrogens is 378 g/mol. The zero-order valence-corrected chi connectivity index (χ0v) is 18.8. The van der Waals surface area contributed by atoms with Gasteiger partial charge < -0.3 is 4.74 Å². The van der Waals surface area contributed by atoms with Crippen LogP contribution in [0, 0.1) is 47.1 Å². The van der Waals surface area contributed by atoms with E-state index in [-0.39, 0.29) is 11.3 Å². The summed E-state index contributed by atoms with van der Waals surface area (Å²) < 4.78 is 33.9. The van der Waals surface area contributed by atoms with E-state index < -0.39 is 11.6 Å². The summed E-state index contributed by atoms with van der Waals surface area (Å²) in [5.74, 6) is 7.35. The highest BCUT2D eigenvalue weighted by Crippen LogP contribution is 2.42. The Bertz CT molecular complexity index is 716. The van der Waals surface area contributed by atoms with Crippen LogP contribution < -0.4 is 4.74 Å². The zero-order valence-electron chi connectivity index (χ0n) is 18.8. The van der Waals surface area contributed by atoms with Crippen molar-refractivity contribution in [2.75, 3.05) is 6.61 Å². The monoisotopic (exact) mass is 416 g/mol. The fourth-order valence-electron chi connectivity index (χ4n) is 5.34.